The van der Waals surface area contributed by atoms with E-state index in [0.29, 0.717) is 32.7 Å². The Morgan fingerprint density at radius 3 is 2.47 bits per heavy atom. The van der Waals surface area contributed by atoms with Gasteiger partial charge in [0, 0.05) is 26.9 Å². The van der Waals surface area contributed by atoms with Crippen LogP contribution in [0.4, 0.5) is 0 Å². The van der Waals surface area contributed by atoms with Gasteiger partial charge in [-0.25, -0.2) is 0 Å². The first-order chi connectivity index (χ1) is 7.00. The molecule has 5 heteroatoms. The van der Waals surface area contributed by atoms with Crippen LogP contribution in [0.5, 0.6) is 0 Å². The Hall–Kier alpha value is -0.650. The number of methoxy groups -OCH3 is 1. The monoisotopic (exact) mass is 219 g/mol. The molecule has 15 heavy (non-hydrogen) atoms. The predicted molar refractivity (Wildman–Crippen MR) is 56.8 cm³/mol. The maximum atomic E-state index is 10.6. The lowest BCUT2D eigenvalue weighted by atomic mass is 9.98. The Morgan fingerprint density at radius 1 is 1.33 bits per heavy atom. The number of rotatable bonds is 9. The Labute approximate surface area is 90.5 Å². The summed E-state index contributed by atoms with van der Waals surface area (Å²) >= 11 is 0. The van der Waals surface area contributed by atoms with Gasteiger partial charge >= 0.3 is 5.97 Å². The summed E-state index contributed by atoms with van der Waals surface area (Å²) < 4.78 is 10.1. The van der Waals surface area contributed by atoms with E-state index in [1.807, 2.05) is 0 Å². The van der Waals surface area contributed by atoms with E-state index < -0.39 is 11.5 Å². The number of aliphatic carboxylic acids is 1. The lowest BCUT2D eigenvalue weighted by Crippen LogP contribution is -2.44. The third kappa shape index (κ3) is 7.30. The molecular formula is C10H21NO4. The average Bonchev–Trinajstić information content (AvgIpc) is 2.16. The molecule has 0 aromatic carbocycles. The standard InChI is InChI=1S/C10H21NO4/c1-10(11,9(12)13)5-3-7-15-8-4-6-14-2/h3-8,11H2,1-2H3,(H,12,13). The highest BCUT2D eigenvalue weighted by molar-refractivity contribution is 5.77. The van der Waals surface area contributed by atoms with Crippen LogP contribution in [0.1, 0.15) is 26.2 Å². The van der Waals surface area contributed by atoms with Gasteiger partial charge in [0.25, 0.3) is 0 Å². The highest BCUT2D eigenvalue weighted by Crippen LogP contribution is 2.08. The van der Waals surface area contributed by atoms with Gasteiger partial charge in [-0.05, 0) is 26.2 Å². The van der Waals surface area contributed by atoms with E-state index in [2.05, 4.69) is 0 Å². The van der Waals surface area contributed by atoms with Crippen LogP contribution in [0.2, 0.25) is 0 Å². The summed E-state index contributed by atoms with van der Waals surface area (Å²) in [6, 6.07) is 0. The molecule has 1 unspecified atom stereocenters. The SMILES string of the molecule is COCCCOCCCC(C)(N)C(=O)O. The van der Waals surface area contributed by atoms with Crippen LogP contribution in [0.15, 0.2) is 0 Å². The number of hydrogen-bond acceptors (Lipinski definition) is 4. The summed E-state index contributed by atoms with van der Waals surface area (Å²) in [4.78, 5) is 10.6. The summed E-state index contributed by atoms with van der Waals surface area (Å²) in [5, 5.41) is 8.73. The van der Waals surface area contributed by atoms with E-state index in [0.717, 1.165) is 6.42 Å². The van der Waals surface area contributed by atoms with E-state index in [9.17, 15) is 4.79 Å². The molecule has 0 aromatic rings. The van der Waals surface area contributed by atoms with Crippen molar-refractivity contribution in [1.29, 1.82) is 0 Å². The summed E-state index contributed by atoms with van der Waals surface area (Å²) in [6.07, 6.45) is 1.94. The van der Waals surface area contributed by atoms with Crippen molar-refractivity contribution in [2.24, 2.45) is 5.73 Å². The van der Waals surface area contributed by atoms with Crippen molar-refractivity contribution in [2.45, 2.75) is 31.7 Å². The first kappa shape index (κ1) is 14.3. The molecule has 0 spiro atoms. The lowest BCUT2D eigenvalue weighted by Gasteiger charge is -2.18. The maximum Gasteiger partial charge on any atom is 0.323 e. The van der Waals surface area contributed by atoms with Crippen LogP contribution >= 0.6 is 0 Å². The zero-order chi connectivity index (χ0) is 11.7. The molecule has 0 radical (unpaired) electrons. The van der Waals surface area contributed by atoms with Gasteiger partial charge in [-0.15, -0.1) is 0 Å². The number of hydrogen-bond donors (Lipinski definition) is 2. The van der Waals surface area contributed by atoms with Crippen LogP contribution in [-0.4, -0.2) is 43.5 Å². The minimum Gasteiger partial charge on any atom is -0.480 e. The van der Waals surface area contributed by atoms with Crippen molar-refractivity contribution >= 4 is 5.97 Å². The third-order valence-corrected chi connectivity index (χ3v) is 2.11. The Morgan fingerprint density at radius 2 is 1.93 bits per heavy atom. The van der Waals surface area contributed by atoms with Crippen molar-refractivity contribution in [3.05, 3.63) is 0 Å². The van der Waals surface area contributed by atoms with E-state index in [1.54, 1.807) is 7.11 Å². The maximum absolute atomic E-state index is 10.6. The van der Waals surface area contributed by atoms with E-state index in [1.165, 1.54) is 6.92 Å². The molecule has 0 fully saturated rings. The van der Waals surface area contributed by atoms with Crippen LogP contribution < -0.4 is 5.73 Å². The fourth-order valence-corrected chi connectivity index (χ4v) is 1.06. The Balaban J connectivity index is 3.35. The molecule has 0 amide bonds. The molecule has 90 valence electrons. The van der Waals surface area contributed by atoms with Crippen molar-refractivity contribution in [3.63, 3.8) is 0 Å². The molecule has 1 atom stereocenters. The second kappa shape index (κ2) is 7.62. The highest BCUT2D eigenvalue weighted by atomic mass is 16.5. The molecule has 0 saturated carbocycles. The predicted octanol–water partition coefficient (Wildman–Crippen LogP) is 0.622. The fourth-order valence-electron chi connectivity index (χ4n) is 1.06. The van der Waals surface area contributed by atoms with Crippen LogP contribution in [-0.2, 0) is 14.3 Å². The highest BCUT2D eigenvalue weighted by Gasteiger charge is 2.26. The Kier molecular flexibility index (Phi) is 7.29. The molecule has 0 aliphatic heterocycles. The summed E-state index contributed by atoms with van der Waals surface area (Å²) in [5.41, 5.74) is 4.40. The first-order valence-corrected chi connectivity index (χ1v) is 5.09. The average molecular weight is 219 g/mol. The van der Waals surface area contributed by atoms with Gasteiger partial charge in [0.05, 0.1) is 0 Å². The summed E-state index contributed by atoms with van der Waals surface area (Å²) in [5.74, 6) is -0.970. The van der Waals surface area contributed by atoms with Crippen molar-refractivity contribution < 1.29 is 19.4 Å². The van der Waals surface area contributed by atoms with Crippen LogP contribution in [0.25, 0.3) is 0 Å². The van der Waals surface area contributed by atoms with Crippen LogP contribution in [0, 0.1) is 0 Å². The second-order valence-electron chi connectivity index (χ2n) is 3.78. The van der Waals surface area contributed by atoms with Crippen LogP contribution in [0.3, 0.4) is 0 Å². The Bertz CT molecular complexity index is 182. The molecule has 0 rings (SSSR count). The smallest absolute Gasteiger partial charge is 0.323 e. The number of carbonyl (C=O) groups is 1. The zero-order valence-corrected chi connectivity index (χ0v) is 9.49. The van der Waals surface area contributed by atoms with Crippen molar-refractivity contribution in [3.8, 4) is 0 Å². The topological polar surface area (TPSA) is 81.8 Å². The molecule has 0 bridgehead atoms. The second-order valence-corrected chi connectivity index (χ2v) is 3.78. The number of nitrogens with two attached hydrogens (primary N) is 1. The minimum atomic E-state index is -1.14. The van der Waals surface area contributed by atoms with Gasteiger partial charge in [0.1, 0.15) is 5.54 Å². The number of carboxylic acids is 1. The largest absolute Gasteiger partial charge is 0.480 e. The van der Waals surface area contributed by atoms with E-state index >= 15 is 0 Å². The summed E-state index contributed by atoms with van der Waals surface area (Å²) in [7, 11) is 1.65. The van der Waals surface area contributed by atoms with Gasteiger partial charge in [-0.2, -0.15) is 0 Å². The molecule has 3 N–H and O–H groups in total. The van der Waals surface area contributed by atoms with Gasteiger partial charge in [0.15, 0.2) is 0 Å². The quantitative estimate of drug-likeness (QED) is 0.556. The molecule has 0 aromatic heterocycles. The fraction of sp³-hybridized carbons (Fsp3) is 0.900. The number of ether oxygens (including phenoxy) is 2. The molecule has 5 nitrogen and oxygen atoms in total. The third-order valence-electron chi connectivity index (χ3n) is 2.11. The zero-order valence-electron chi connectivity index (χ0n) is 9.49. The molecule has 0 heterocycles. The normalized spacial score (nSPS) is 14.9. The lowest BCUT2D eigenvalue weighted by molar-refractivity contribution is -0.143. The summed E-state index contributed by atoms with van der Waals surface area (Å²) in [6.45, 7) is 3.38. The first-order valence-electron chi connectivity index (χ1n) is 5.09. The van der Waals surface area contributed by atoms with E-state index in [4.69, 9.17) is 20.3 Å². The molecular weight excluding hydrogens is 198 g/mol. The van der Waals surface area contributed by atoms with Crippen molar-refractivity contribution in [2.75, 3.05) is 26.9 Å². The van der Waals surface area contributed by atoms with E-state index in [-0.39, 0.29) is 0 Å². The number of carboxylic acid groups (broad SMARTS) is 1. The molecule has 0 aliphatic carbocycles. The van der Waals surface area contributed by atoms with Gasteiger partial charge in [-0.1, -0.05) is 0 Å². The van der Waals surface area contributed by atoms with Gasteiger partial charge in [0.2, 0.25) is 0 Å². The minimum absolute atomic E-state index is 0.423. The van der Waals surface area contributed by atoms with Crippen molar-refractivity contribution in [1.82, 2.24) is 0 Å². The molecule has 0 aliphatic rings. The van der Waals surface area contributed by atoms with Gasteiger partial charge in [-0.3, -0.25) is 4.79 Å². The van der Waals surface area contributed by atoms with Gasteiger partial charge < -0.3 is 20.3 Å². The molecule has 0 saturated heterocycles.